The molecule has 6 aromatic carbocycles. The fourth-order valence-electron chi connectivity index (χ4n) is 15.0. The first-order valence-electron chi connectivity index (χ1n) is 42.4. The summed E-state index contributed by atoms with van der Waals surface area (Å²) in [6.45, 7) is 23.6. The van der Waals surface area contributed by atoms with Crippen molar-refractivity contribution in [2.75, 3.05) is 275 Å². The van der Waals surface area contributed by atoms with Gasteiger partial charge in [-0.1, -0.05) is 74.5 Å². The lowest BCUT2D eigenvalue weighted by Crippen LogP contribution is -2.52. The minimum atomic E-state index is -0.831. The lowest BCUT2D eigenvalue weighted by molar-refractivity contribution is -0.0259. The molecule has 0 radical (unpaired) electrons. The summed E-state index contributed by atoms with van der Waals surface area (Å²) in [5.74, 6) is 1.54. The molecule has 0 spiro atoms. The molecule has 2 amide bonds. The Morgan fingerprint density at radius 2 is 0.661 bits per heavy atom. The Morgan fingerprint density at radius 3 is 0.992 bits per heavy atom. The maximum absolute atomic E-state index is 14.7. The van der Waals surface area contributed by atoms with Gasteiger partial charge in [-0.2, -0.15) is 0 Å². The van der Waals surface area contributed by atoms with Crippen molar-refractivity contribution in [1.29, 1.82) is 0 Å². The normalized spacial score (nSPS) is 15.9. The van der Waals surface area contributed by atoms with E-state index in [-0.39, 0.29) is 36.6 Å². The van der Waals surface area contributed by atoms with E-state index >= 15 is 0 Å². The third-order valence-corrected chi connectivity index (χ3v) is 22.3. The van der Waals surface area contributed by atoms with Crippen molar-refractivity contribution >= 4 is 34.8 Å². The number of β-amino-alcohol motifs (C(OH)–C–C–N with tert-alkyl or cyclic N) is 1. The van der Waals surface area contributed by atoms with Crippen LogP contribution in [0.15, 0.2) is 158 Å². The fourth-order valence-corrected chi connectivity index (χ4v) is 15.0. The summed E-state index contributed by atoms with van der Waals surface area (Å²) in [5, 5.41) is 21.4. The average molecular weight is 1640 g/mol. The zero-order valence-corrected chi connectivity index (χ0v) is 70.9. The minimum Gasteiger partial charge on any atom is -0.491 e. The Labute approximate surface area is 700 Å². The summed E-state index contributed by atoms with van der Waals surface area (Å²) in [4.78, 5) is 74.3. The largest absolute Gasteiger partial charge is 0.491 e. The van der Waals surface area contributed by atoms with Gasteiger partial charge in [0, 0.05) is 119 Å². The molecule has 0 bridgehead atoms. The van der Waals surface area contributed by atoms with Crippen LogP contribution in [0.5, 0.6) is 11.5 Å². The van der Waals surface area contributed by atoms with Crippen LogP contribution in [0.2, 0.25) is 0 Å². The first-order valence-corrected chi connectivity index (χ1v) is 42.4. The predicted molar refractivity (Wildman–Crippen MR) is 458 cm³/mol. The Hall–Kier alpha value is -7.84. The Morgan fingerprint density at radius 1 is 0.356 bits per heavy atom. The van der Waals surface area contributed by atoms with Gasteiger partial charge in [0.1, 0.15) is 24.7 Å². The third kappa shape index (κ3) is 31.0. The van der Waals surface area contributed by atoms with E-state index in [9.17, 15) is 29.4 Å². The molecule has 6 aromatic rings. The molecule has 9 rings (SSSR count). The van der Waals surface area contributed by atoms with Crippen LogP contribution in [0.25, 0.3) is 0 Å². The molecule has 648 valence electrons. The topological polar surface area (TPSA) is 245 Å². The molecule has 3 fully saturated rings. The van der Waals surface area contributed by atoms with Crippen molar-refractivity contribution in [3.8, 4) is 11.5 Å². The number of likely N-dealkylation sites (N-methyl/N-ethyl adjacent to an activating group) is 2. The molecule has 26 heteroatoms. The van der Waals surface area contributed by atoms with Crippen LogP contribution in [0.3, 0.4) is 0 Å². The zero-order chi connectivity index (χ0) is 83.4. The number of carbonyl (C=O) groups excluding carboxylic acids is 4. The number of benzene rings is 6. The summed E-state index contributed by atoms with van der Waals surface area (Å²) in [6.07, 6.45) is 2.46. The second-order valence-corrected chi connectivity index (χ2v) is 30.6. The van der Waals surface area contributed by atoms with Gasteiger partial charge in [0.25, 0.3) is 11.8 Å². The molecule has 3 saturated heterocycles. The molecule has 3 heterocycles. The van der Waals surface area contributed by atoms with Crippen LogP contribution >= 0.6 is 0 Å². The minimum absolute atomic E-state index is 0.0349. The number of anilines is 2. The number of para-hydroxylation sites is 2. The van der Waals surface area contributed by atoms with Gasteiger partial charge in [-0.3, -0.25) is 38.8 Å². The zero-order valence-electron chi connectivity index (χ0n) is 70.9. The standard InChI is InChI=1S/C92H132N8O18/c1-7-91(93(3)4,87(103)77-29-33-81(34-30-77)97-42-38-95(39-43-97)37-15-16-83(101)73-115-64-62-111-56-54-107-50-52-109-58-60-113-66-68-117-85-17-11-9-12-18-85)70-75-21-25-79(26-22-75)89(105)99-46-48-100(49-47-99)90(106)80-27-23-76(24-28-80)71-92(8-2,94(5)6)88(104)78-31-35-82(36-32-78)98-44-40-96(41-45-98)72-84(102)74-116-65-63-112-57-55-108-51-53-110-59-61-114-67-69-118-86-19-13-10-14-20-86/h9-14,17-36,83-84,101-102H,7-8,15-16,37-74H2,1-6H3. The summed E-state index contributed by atoms with van der Waals surface area (Å²) in [7, 11) is 7.82. The van der Waals surface area contributed by atoms with E-state index in [4.69, 9.17) is 56.8 Å². The predicted octanol–water partition coefficient (Wildman–Crippen LogP) is 8.63. The van der Waals surface area contributed by atoms with Gasteiger partial charge in [-0.25, -0.2) is 0 Å². The molecule has 118 heavy (non-hydrogen) atoms. The highest BCUT2D eigenvalue weighted by Gasteiger charge is 2.42. The van der Waals surface area contributed by atoms with Crippen LogP contribution in [-0.4, -0.2) is 351 Å². The van der Waals surface area contributed by atoms with E-state index in [2.05, 4.69) is 38.7 Å². The highest BCUT2D eigenvalue weighted by Crippen LogP contribution is 2.32. The Bertz CT molecular complexity index is 3760. The van der Waals surface area contributed by atoms with Crippen molar-refractivity contribution in [3.63, 3.8) is 0 Å². The molecule has 0 saturated carbocycles. The highest BCUT2D eigenvalue weighted by atomic mass is 16.6. The van der Waals surface area contributed by atoms with Crippen LogP contribution < -0.4 is 19.3 Å². The van der Waals surface area contributed by atoms with Crippen molar-refractivity contribution in [2.45, 2.75) is 75.7 Å². The van der Waals surface area contributed by atoms with Crippen LogP contribution in [0.1, 0.15) is 92.1 Å². The third-order valence-electron chi connectivity index (χ3n) is 22.3. The second kappa shape index (κ2) is 52.4. The van der Waals surface area contributed by atoms with Gasteiger partial charge in [0.05, 0.1) is 155 Å². The number of ketones is 2. The number of aliphatic hydroxyl groups is 2. The number of ether oxygens (including phenoxy) is 12. The SMILES string of the molecule is CCC(Cc1ccc(C(=O)N2CCN(C(=O)c3ccc(CC(CC)(C(=O)c4ccc(N5CCN(CC(O)COCCOCCOCCOCCOCCOc6ccccc6)CC5)cc4)N(C)C)cc3)CC2)cc1)(C(=O)c1ccc(N2CCN(CCCC(O)COCCOCCOCCOCCOCCOc3ccccc3)CC2)cc1)N(C)C. The van der Waals surface area contributed by atoms with Crippen molar-refractivity contribution in [2.24, 2.45) is 0 Å². The summed E-state index contributed by atoms with van der Waals surface area (Å²) < 4.78 is 67.2. The quantitative estimate of drug-likeness (QED) is 0.0268. The highest BCUT2D eigenvalue weighted by molar-refractivity contribution is 6.04. The smallest absolute Gasteiger partial charge is 0.253 e. The van der Waals surface area contributed by atoms with Crippen LogP contribution in [0.4, 0.5) is 11.4 Å². The molecule has 26 nitrogen and oxygen atoms in total. The van der Waals surface area contributed by atoms with Crippen molar-refractivity contribution in [3.05, 3.63) is 191 Å². The van der Waals surface area contributed by atoms with Crippen molar-refractivity contribution in [1.82, 2.24) is 29.4 Å². The number of hydrogen-bond donors (Lipinski definition) is 2. The maximum atomic E-state index is 14.7. The van der Waals surface area contributed by atoms with Gasteiger partial charge in [0.2, 0.25) is 0 Å². The van der Waals surface area contributed by atoms with E-state index in [1.165, 1.54) is 0 Å². The Kier molecular flexibility index (Phi) is 41.7. The number of hydrogen-bond acceptors (Lipinski definition) is 24. The summed E-state index contributed by atoms with van der Waals surface area (Å²) >= 11 is 0. The van der Waals surface area contributed by atoms with E-state index < -0.39 is 23.3 Å². The molecule has 3 aliphatic heterocycles. The van der Waals surface area contributed by atoms with E-state index in [1.807, 2.05) is 191 Å². The Balaban J connectivity index is 0.603. The van der Waals surface area contributed by atoms with E-state index in [1.54, 1.807) is 9.80 Å². The van der Waals surface area contributed by atoms with Gasteiger partial charge in [0.15, 0.2) is 11.6 Å². The number of piperazine rings is 3. The molecular weight excluding hydrogens is 1510 g/mol. The second-order valence-electron chi connectivity index (χ2n) is 30.6. The number of rotatable bonds is 58. The summed E-state index contributed by atoms with van der Waals surface area (Å²) in [6, 6.07) is 50.5. The first kappa shape index (κ1) is 94.0. The number of aliphatic hydroxyl groups excluding tert-OH is 2. The number of Topliss-reactive ketones (excluding diaryl/α,β-unsaturated/α-hetero) is 2. The summed E-state index contributed by atoms with van der Waals surface area (Å²) in [5.41, 5.74) is 4.78. The monoisotopic (exact) mass is 1640 g/mol. The lowest BCUT2D eigenvalue weighted by atomic mass is 9.80. The number of carbonyl (C=O) groups is 4. The van der Waals surface area contributed by atoms with E-state index in [0.29, 0.717) is 219 Å². The van der Waals surface area contributed by atoms with Gasteiger partial charge in [-0.15, -0.1) is 0 Å². The molecule has 2 N–H and O–H groups in total. The van der Waals surface area contributed by atoms with Gasteiger partial charge >= 0.3 is 0 Å². The molecule has 4 atom stereocenters. The number of amides is 2. The van der Waals surface area contributed by atoms with Gasteiger partial charge < -0.3 is 86.7 Å². The molecule has 0 aliphatic carbocycles. The molecular formula is C92H132N8O18. The van der Waals surface area contributed by atoms with Crippen LogP contribution in [-0.2, 0) is 60.2 Å². The average Bonchev–Trinajstić information content (AvgIpc) is 0.785. The number of nitrogens with zero attached hydrogens (tertiary/aromatic N) is 8. The molecule has 4 unspecified atom stereocenters. The fraction of sp³-hybridized carbons (Fsp3) is 0.565. The lowest BCUT2D eigenvalue weighted by Gasteiger charge is -2.39. The van der Waals surface area contributed by atoms with Crippen LogP contribution in [0, 0.1) is 0 Å². The van der Waals surface area contributed by atoms with Crippen molar-refractivity contribution < 1.29 is 86.2 Å². The van der Waals surface area contributed by atoms with E-state index in [0.717, 1.165) is 99.3 Å². The first-order chi connectivity index (χ1) is 57.6. The molecule has 0 aromatic heterocycles. The maximum Gasteiger partial charge on any atom is 0.253 e. The molecule has 3 aliphatic rings. The van der Waals surface area contributed by atoms with Gasteiger partial charge in [-0.05, 0) is 181 Å².